The highest BCUT2D eigenvalue weighted by atomic mass is 16.5. The summed E-state index contributed by atoms with van der Waals surface area (Å²) >= 11 is 0. The molecule has 1 heterocycles. The van der Waals surface area contributed by atoms with Gasteiger partial charge in [-0.25, -0.2) is 14.6 Å². The Morgan fingerprint density at radius 1 is 1.38 bits per heavy atom. The Morgan fingerprint density at radius 3 is 2.48 bits per heavy atom. The molecule has 0 saturated heterocycles. The average molecular weight is 295 g/mol. The molecule has 1 atom stereocenters. The van der Waals surface area contributed by atoms with Crippen LogP contribution in [0.3, 0.4) is 0 Å². The Labute approximate surface area is 123 Å². The first-order valence-corrected chi connectivity index (χ1v) is 6.63. The van der Waals surface area contributed by atoms with E-state index in [1.54, 1.807) is 32.9 Å². The van der Waals surface area contributed by atoms with E-state index in [2.05, 4.69) is 15.6 Å². The molecule has 0 aromatic carbocycles. The molecule has 1 rings (SSSR count). The summed E-state index contributed by atoms with van der Waals surface area (Å²) in [6, 6.07) is 1.67. The summed E-state index contributed by atoms with van der Waals surface area (Å²) in [7, 11) is 0. The molecule has 0 aliphatic heterocycles. The van der Waals surface area contributed by atoms with Crippen LogP contribution in [-0.2, 0) is 4.79 Å². The standard InChI is InChI=1S/C14H21N3O4/c1-5-21-10-7-6-9(8-15-10)16-13(20)17-11(12(18)19)14(2,3)4/h6-8,11H,5H2,1-4H3,(H,18,19)(H2,16,17,20)/t11-/m0/s1. The van der Waals surface area contributed by atoms with E-state index in [9.17, 15) is 9.59 Å². The number of ether oxygens (including phenoxy) is 1. The van der Waals surface area contributed by atoms with Gasteiger partial charge in [0.25, 0.3) is 0 Å². The van der Waals surface area contributed by atoms with Gasteiger partial charge < -0.3 is 20.5 Å². The summed E-state index contributed by atoms with van der Waals surface area (Å²) < 4.78 is 5.19. The van der Waals surface area contributed by atoms with Crippen LogP contribution in [0.1, 0.15) is 27.7 Å². The SMILES string of the molecule is CCOc1ccc(NC(=O)N[C@@H](C(=O)O)C(C)(C)C)cn1. The summed E-state index contributed by atoms with van der Waals surface area (Å²) in [6.45, 7) is 7.57. The Kier molecular flexibility index (Phi) is 5.52. The van der Waals surface area contributed by atoms with Crippen LogP contribution in [-0.4, -0.2) is 34.7 Å². The summed E-state index contributed by atoms with van der Waals surface area (Å²) in [5, 5.41) is 14.1. The number of hydrogen-bond donors (Lipinski definition) is 3. The molecule has 0 saturated carbocycles. The van der Waals surface area contributed by atoms with Gasteiger partial charge in [-0.2, -0.15) is 0 Å². The molecule has 2 amide bonds. The predicted octanol–water partition coefficient (Wildman–Crippen LogP) is 2.10. The number of pyridine rings is 1. The molecule has 0 radical (unpaired) electrons. The number of rotatable bonds is 5. The van der Waals surface area contributed by atoms with Gasteiger partial charge in [-0.05, 0) is 18.4 Å². The second-order valence-corrected chi connectivity index (χ2v) is 5.55. The maximum atomic E-state index is 11.8. The number of amides is 2. The van der Waals surface area contributed by atoms with Crippen LogP contribution < -0.4 is 15.4 Å². The molecule has 0 aliphatic carbocycles. The lowest BCUT2D eigenvalue weighted by molar-refractivity contribution is -0.141. The van der Waals surface area contributed by atoms with Crippen molar-refractivity contribution in [2.75, 3.05) is 11.9 Å². The van der Waals surface area contributed by atoms with Crippen LogP contribution in [0.5, 0.6) is 5.88 Å². The van der Waals surface area contributed by atoms with Crippen LogP contribution in [0, 0.1) is 5.41 Å². The minimum atomic E-state index is -1.08. The maximum absolute atomic E-state index is 11.8. The van der Waals surface area contributed by atoms with Crippen molar-refractivity contribution in [2.45, 2.75) is 33.7 Å². The fourth-order valence-corrected chi connectivity index (χ4v) is 1.63. The van der Waals surface area contributed by atoms with Gasteiger partial charge in [0.15, 0.2) is 0 Å². The molecule has 3 N–H and O–H groups in total. The number of urea groups is 1. The molecule has 7 nitrogen and oxygen atoms in total. The van der Waals surface area contributed by atoms with E-state index in [4.69, 9.17) is 9.84 Å². The van der Waals surface area contributed by atoms with Crippen molar-refractivity contribution >= 4 is 17.7 Å². The maximum Gasteiger partial charge on any atom is 0.326 e. The van der Waals surface area contributed by atoms with Gasteiger partial charge in [-0.15, -0.1) is 0 Å². The zero-order valence-corrected chi connectivity index (χ0v) is 12.6. The first-order chi connectivity index (χ1) is 9.74. The molecule has 21 heavy (non-hydrogen) atoms. The number of carbonyl (C=O) groups excluding carboxylic acids is 1. The lowest BCUT2D eigenvalue weighted by atomic mass is 9.87. The number of hydrogen-bond acceptors (Lipinski definition) is 4. The van der Waals surface area contributed by atoms with Crippen LogP contribution in [0.4, 0.5) is 10.5 Å². The van der Waals surface area contributed by atoms with Crippen molar-refractivity contribution in [3.8, 4) is 5.88 Å². The van der Waals surface area contributed by atoms with E-state index in [1.807, 2.05) is 6.92 Å². The summed E-state index contributed by atoms with van der Waals surface area (Å²) in [4.78, 5) is 27.0. The lowest BCUT2D eigenvalue weighted by Crippen LogP contribution is -2.50. The Bertz CT molecular complexity index is 494. The molecule has 1 aromatic rings. The van der Waals surface area contributed by atoms with Gasteiger partial charge in [-0.1, -0.05) is 20.8 Å². The van der Waals surface area contributed by atoms with E-state index in [0.29, 0.717) is 18.2 Å². The Balaban J connectivity index is 2.66. The van der Waals surface area contributed by atoms with Crippen LogP contribution >= 0.6 is 0 Å². The summed E-state index contributed by atoms with van der Waals surface area (Å²) in [6.07, 6.45) is 1.44. The minimum absolute atomic E-state index is 0.453. The molecule has 0 spiro atoms. The highest BCUT2D eigenvalue weighted by Gasteiger charge is 2.32. The number of carboxylic acid groups (broad SMARTS) is 1. The summed E-state index contributed by atoms with van der Waals surface area (Å²) in [5.41, 5.74) is -0.144. The number of aliphatic carboxylic acids is 1. The highest BCUT2D eigenvalue weighted by molar-refractivity contribution is 5.92. The number of nitrogens with zero attached hydrogens (tertiary/aromatic N) is 1. The van der Waals surface area contributed by atoms with Crippen molar-refractivity contribution in [3.63, 3.8) is 0 Å². The van der Waals surface area contributed by atoms with Gasteiger partial charge in [0, 0.05) is 6.07 Å². The van der Waals surface area contributed by atoms with Crippen molar-refractivity contribution < 1.29 is 19.4 Å². The molecule has 0 fully saturated rings. The Hall–Kier alpha value is -2.31. The van der Waals surface area contributed by atoms with E-state index in [-0.39, 0.29) is 0 Å². The summed E-state index contributed by atoms with van der Waals surface area (Å²) in [5.74, 6) is -0.621. The fraction of sp³-hybridized carbons (Fsp3) is 0.500. The monoisotopic (exact) mass is 295 g/mol. The van der Waals surface area contributed by atoms with Gasteiger partial charge in [-0.3, -0.25) is 0 Å². The molecule has 116 valence electrons. The zero-order valence-electron chi connectivity index (χ0n) is 12.6. The number of anilines is 1. The zero-order chi connectivity index (χ0) is 16.0. The lowest BCUT2D eigenvalue weighted by Gasteiger charge is -2.27. The fourth-order valence-electron chi connectivity index (χ4n) is 1.63. The minimum Gasteiger partial charge on any atom is -0.480 e. The third kappa shape index (κ3) is 5.29. The first kappa shape index (κ1) is 16.7. The van der Waals surface area contributed by atoms with E-state index in [1.165, 1.54) is 6.20 Å². The molecular formula is C14H21N3O4. The number of aromatic nitrogens is 1. The van der Waals surface area contributed by atoms with Crippen LogP contribution in [0.25, 0.3) is 0 Å². The number of nitrogens with one attached hydrogen (secondary N) is 2. The highest BCUT2D eigenvalue weighted by Crippen LogP contribution is 2.19. The van der Waals surface area contributed by atoms with Crippen LogP contribution in [0.2, 0.25) is 0 Å². The van der Waals surface area contributed by atoms with Crippen molar-refractivity contribution in [3.05, 3.63) is 18.3 Å². The van der Waals surface area contributed by atoms with Gasteiger partial charge >= 0.3 is 12.0 Å². The molecule has 1 aromatic heterocycles. The normalized spacial score (nSPS) is 12.4. The van der Waals surface area contributed by atoms with Crippen molar-refractivity contribution in [2.24, 2.45) is 5.41 Å². The topological polar surface area (TPSA) is 101 Å². The second-order valence-electron chi connectivity index (χ2n) is 5.55. The third-order valence-corrected chi connectivity index (χ3v) is 2.67. The van der Waals surface area contributed by atoms with E-state index in [0.717, 1.165) is 0 Å². The number of carbonyl (C=O) groups is 2. The molecular weight excluding hydrogens is 274 g/mol. The van der Waals surface area contributed by atoms with Gasteiger partial charge in [0.1, 0.15) is 6.04 Å². The van der Waals surface area contributed by atoms with Gasteiger partial charge in [0.05, 0.1) is 18.5 Å². The predicted molar refractivity (Wildman–Crippen MR) is 78.4 cm³/mol. The first-order valence-electron chi connectivity index (χ1n) is 6.63. The van der Waals surface area contributed by atoms with E-state index < -0.39 is 23.5 Å². The number of carboxylic acids is 1. The smallest absolute Gasteiger partial charge is 0.326 e. The quantitative estimate of drug-likeness (QED) is 0.772. The van der Waals surface area contributed by atoms with Crippen LogP contribution in [0.15, 0.2) is 18.3 Å². The van der Waals surface area contributed by atoms with Gasteiger partial charge in [0.2, 0.25) is 5.88 Å². The van der Waals surface area contributed by atoms with Crippen molar-refractivity contribution in [1.82, 2.24) is 10.3 Å². The third-order valence-electron chi connectivity index (χ3n) is 2.67. The second kappa shape index (κ2) is 6.92. The largest absolute Gasteiger partial charge is 0.480 e. The average Bonchev–Trinajstić information content (AvgIpc) is 2.37. The molecule has 0 aliphatic rings. The Morgan fingerprint density at radius 2 is 2.05 bits per heavy atom. The molecule has 7 heteroatoms. The van der Waals surface area contributed by atoms with E-state index >= 15 is 0 Å². The van der Waals surface area contributed by atoms with Crippen molar-refractivity contribution in [1.29, 1.82) is 0 Å². The molecule has 0 unspecified atom stereocenters. The molecule has 0 bridgehead atoms.